The average Bonchev–Trinajstić information content (AvgIpc) is 2.32. The smallest absolute Gasteiger partial charge is 0.186 e. The highest BCUT2D eigenvalue weighted by Crippen LogP contribution is 2.41. The van der Waals surface area contributed by atoms with Gasteiger partial charge >= 0.3 is 0 Å². The second-order valence-corrected chi connectivity index (χ2v) is 6.02. The quantitative estimate of drug-likeness (QED) is 0.871. The predicted molar refractivity (Wildman–Crippen MR) is 71.3 cm³/mol. The minimum atomic E-state index is -0.336. The first-order valence-corrected chi connectivity index (χ1v) is 6.65. The van der Waals surface area contributed by atoms with Crippen LogP contribution in [0, 0.1) is 18.2 Å². The molecule has 0 amide bonds. The Morgan fingerprint density at radius 3 is 2.39 bits per heavy atom. The molecule has 4 heteroatoms. The molecule has 2 rings (SSSR count). The molecule has 0 aliphatic heterocycles. The first kappa shape index (κ1) is 13.2. The zero-order valence-corrected chi connectivity index (χ0v) is 11.7. The minimum Gasteiger partial charge on any atom is -0.371 e. The van der Waals surface area contributed by atoms with Crippen molar-refractivity contribution >= 4 is 5.82 Å². The lowest BCUT2D eigenvalue weighted by atomic mass is 9.73. The lowest BCUT2D eigenvalue weighted by Crippen LogP contribution is -2.22. The van der Waals surface area contributed by atoms with E-state index in [1.54, 1.807) is 14.0 Å². The molecule has 1 aliphatic carbocycles. The molecule has 1 N–H and O–H groups in total. The lowest BCUT2D eigenvalue weighted by Gasteiger charge is -2.33. The molecule has 0 spiro atoms. The summed E-state index contributed by atoms with van der Waals surface area (Å²) in [5, 5.41) is 2.81. The second kappa shape index (κ2) is 4.82. The van der Waals surface area contributed by atoms with E-state index in [1.165, 1.54) is 12.8 Å². The van der Waals surface area contributed by atoms with Gasteiger partial charge in [0.1, 0.15) is 5.82 Å². The third kappa shape index (κ3) is 2.62. The SMILES string of the molecule is CNc1nc(C2CCC(C)(C)CC2)nc(C)c1F. The third-order valence-electron chi connectivity index (χ3n) is 3.98. The van der Waals surface area contributed by atoms with Crippen molar-refractivity contribution in [3.8, 4) is 0 Å². The molecule has 18 heavy (non-hydrogen) atoms. The van der Waals surface area contributed by atoms with Crippen molar-refractivity contribution in [1.82, 2.24) is 9.97 Å². The van der Waals surface area contributed by atoms with Crippen LogP contribution in [0.2, 0.25) is 0 Å². The number of nitrogens with one attached hydrogen (secondary N) is 1. The van der Waals surface area contributed by atoms with E-state index in [2.05, 4.69) is 29.1 Å². The van der Waals surface area contributed by atoms with Gasteiger partial charge in [0.2, 0.25) is 0 Å². The van der Waals surface area contributed by atoms with E-state index < -0.39 is 0 Å². The molecule has 0 bridgehead atoms. The Morgan fingerprint density at radius 1 is 1.22 bits per heavy atom. The number of aromatic nitrogens is 2. The molecule has 1 aromatic heterocycles. The molecule has 1 fully saturated rings. The first-order chi connectivity index (χ1) is 8.43. The van der Waals surface area contributed by atoms with Crippen LogP contribution < -0.4 is 5.32 Å². The molecular formula is C14H22FN3. The summed E-state index contributed by atoms with van der Waals surface area (Å²) in [5.41, 5.74) is 0.867. The van der Waals surface area contributed by atoms with E-state index in [0.29, 0.717) is 22.8 Å². The maximum atomic E-state index is 13.7. The lowest BCUT2D eigenvalue weighted by molar-refractivity contribution is 0.220. The molecular weight excluding hydrogens is 229 g/mol. The summed E-state index contributed by atoms with van der Waals surface area (Å²) in [7, 11) is 1.69. The molecule has 1 saturated carbocycles. The molecule has 1 aromatic rings. The number of aryl methyl sites for hydroxylation is 1. The number of hydrogen-bond donors (Lipinski definition) is 1. The van der Waals surface area contributed by atoms with Crippen LogP contribution in [0.1, 0.15) is 57.0 Å². The van der Waals surface area contributed by atoms with Gasteiger partial charge < -0.3 is 5.32 Å². The van der Waals surface area contributed by atoms with Crippen LogP contribution in [0.5, 0.6) is 0 Å². The molecule has 0 aromatic carbocycles. The van der Waals surface area contributed by atoms with Crippen LogP contribution >= 0.6 is 0 Å². The molecule has 1 aliphatic rings. The maximum absolute atomic E-state index is 13.7. The van der Waals surface area contributed by atoms with Crippen LogP contribution in [0.4, 0.5) is 10.2 Å². The number of nitrogens with zero attached hydrogens (tertiary/aromatic N) is 2. The molecule has 0 radical (unpaired) electrons. The van der Waals surface area contributed by atoms with Gasteiger partial charge in [0, 0.05) is 13.0 Å². The topological polar surface area (TPSA) is 37.8 Å². The average molecular weight is 251 g/mol. The Bertz CT molecular complexity index is 433. The van der Waals surface area contributed by atoms with Crippen LogP contribution in [-0.2, 0) is 0 Å². The van der Waals surface area contributed by atoms with Gasteiger partial charge in [0.15, 0.2) is 11.6 Å². The van der Waals surface area contributed by atoms with Crippen LogP contribution in [0.15, 0.2) is 0 Å². The molecule has 0 atom stereocenters. The van der Waals surface area contributed by atoms with E-state index in [9.17, 15) is 4.39 Å². The van der Waals surface area contributed by atoms with Gasteiger partial charge in [-0.05, 0) is 38.0 Å². The van der Waals surface area contributed by atoms with Gasteiger partial charge in [0.05, 0.1) is 5.69 Å². The molecule has 100 valence electrons. The fraction of sp³-hybridized carbons (Fsp3) is 0.714. The van der Waals surface area contributed by atoms with Gasteiger partial charge in [-0.3, -0.25) is 0 Å². The molecule has 3 nitrogen and oxygen atoms in total. The standard InChI is InChI=1S/C14H22FN3/c1-9-11(15)13(16-4)18-12(17-9)10-5-7-14(2,3)8-6-10/h10H,5-8H2,1-4H3,(H,16,17,18). The van der Waals surface area contributed by atoms with Gasteiger partial charge in [0.25, 0.3) is 0 Å². The Kier molecular flexibility index (Phi) is 3.55. The van der Waals surface area contributed by atoms with Gasteiger partial charge in [-0.1, -0.05) is 13.8 Å². The van der Waals surface area contributed by atoms with E-state index in [4.69, 9.17) is 0 Å². The highest BCUT2D eigenvalue weighted by atomic mass is 19.1. The first-order valence-electron chi connectivity index (χ1n) is 6.65. The molecule has 1 heterocycles. The summed E-state index contributed by atoms with van der Waals surface area (Å²) in [6, 6.07) is 0. The highest BCUT2D eigenvalue weighted by Gasteiger charge is 2.29. The number of hydrogen-bond acceptors (Lipinski definition) is 3. The summed E-state index contributed by atoms with van der Waals surface area (Å²) in [6.07, 6.45) is 4.57. The van der Waals surface area contributed by atoms with Gasteiger partial charge in [-0.25, -0.2) is 14.4 Å². The number of halogens is 1. The maximum Gasteiger partial charge on any atom is 0.186 e. The van der Waals surface area contributed by atoms with E-state index in [0.717, 1.165) is 18.7 Å². The van der Waals surface area contributed by atoms with Crippen molar-refractivity contribution in [1.29, 1.82) is 0 Å². The zero-order valence-electron chi connectivity index (χ0n) is 11.7. The van der Waals surface area contributed by atoms with Crippen molar-refractivity contribution in [3.05, 3.63) is 17.3 Å². The largest absolute Gasteiger partial charge is 0.371 e. The summed E-state index contributed by atoms with van der Waals surface area (Å²) >= 11 is 0. The summed E-state index contributed by atoms with van der Waals surface area (Å²) in [6.45, 7) is 6.31. The Morgan fingerprint density at radius 2 is 1.83 bits per heavy atom. The van der Waals surface area contributed by atoms with Gasteiger partial charge in [-0.15, -0.1) is 0 Å². The Labute approximate surface area is 108 Å². The van der Waals surface area contributed by atoms with E-state index in [-0.39, 0.29) is 5.82 Å². The summed E-state index contributed by atoms with van der Waals surface area (Å²) in [5.74, 6) is 1.16. The molecule has 0 saturated heterocycles. The highest BCUT2D eigenvalue weighted by molar-refractivity contribution is 5.37. The normalized spacial score (nSPS) is 19.8. The third-order valence-corrected chi connectivity index (χ3v) is 3.98. The van der Waals surface area contributed by atoms with Crippen LogP contribution in [0.3, 0.4) is 0 Å². The Balaban J connectivity index is 2.22. The van der Waals surface area contributed by atoms with Crippen molar-refractivity contribution < 1.29 is 4.39 Å². The van der Waals surface area contributed by atoms with E-state index >= 15 is 0 Å². The van der Waals surface area contributed by atoms with Gasteiger partial charge in [-0.2, -0.15) is 0 Å². The second-order valence-electron chi connectivity index (χ2n) is 6.02. The van der Waals surface area contributed by atoms with Crippen molar-refractivity contribution in [2.75, 3.05) is 12.4 Å². The minimum absolute atomic E-state index is 0.322. The van der Waals surface area contributed by atoms with Crippen molar-refractivity contribution in [2.45, 2.75) is 52.4 Å². The number of anilines is 1. The van der Waals surface area contributed by atoms with Crippen LogP contribution in [0.25, 0.3) is 0 Å². The van der Waals surface area contributed by atoms with Crippen LogP contribution in [-0.4, -0.2) is 17.0 Å². The summed E-state index contributed by atoms with van der Waals surface area (Å²) in [4.78, 5) is 8.65. The number of rotatable bonds is 2. The fourth-order valence-electron chi connectivity index (χ4n) is 2.59. The summed E-state index contributed by atoms with van der Waals surface area (Å²) < 4.78 is 13.7. The predicted octanol–water partition coefficient (Wildman–Crippen LogP) is 3.65. The Hall–Kier alpha value is -1.19. The zero-order chi connectivity index (χ0) is 13.3. The van der Waals surface area contributed by atoms with Crippen molar-refractivity contribution in [3.63, 3.8) is 0 Å². The fourth-order valence-corrected chi connectivity index (χ4v) is 2.59. The molecule has 0 unspecified atom stereocenters. The van der Waals surface area contributed by atoms with E-state index in [1.807, 2.05) is 0 Å². The van der Waals surface area contributed by atoms with Crippen molar-refractivity contribution in [2.24, 2.45) is 5.41 Å². The monoisotopic (exact) mass is 251 g/mol.